The fourth-order valence-corrected chi connectivity index (χ4v) is 3.01. The van der Waals surface area contributed by atoms with Gasteiger partial charge in [-0.25, -0.2) is 4.98 Å². The Morgan fingerprint density at radius 2 is 1.96 bits per heavy atom. The van der Waals surface area contributed by atoms with E-state index in [4.69, 9.17) is 0 Å². The molecule has 128 valence electrons. The third-order valence-corrected chi connectivity index (χ3v) is 4.39. The van der Waals surface area contributed by atoms with Crippen LogP contribution in [0.3, 0.4) is 0 Å². The maximum atomic E-state index is 12.7. The SMILES string of the molecule is CCCCNC(=O)c1nc(C(=O)N(CC)CC)c2n1CCCC2. The van der Waals surface area contributed by atoms with Crippen molar-refractivity contribution >= 4 is 11.8 Å². The third kappa shape index (κ3) is 3.74. The molecule has 1 aromatic rings. The number of amides is 2. The Bertz CT molecular complexity index is 561. The third-order valence-electron chi connectivity index (χ3n) is 4.39. The molecule has 0 fully saturated rings. The van der Waals surface area contributed by atoms with Gasteiger partial charge in [0.2, 0.25) is 0 Å². The molecule has 0 aliphatic carbocycles. The molecule has 6 nitrogen and oxygen atoms in total. The van der Waals surface area contributed by atoms with E-state index in [1.165, 1.54) is 0 Å². The number of unbranched alkanes of at least 4 members (excludes halogenated alkanes) is 1. The van der Waals surface area contributed by atoms with Crippen molar-refractivity contribution in [3.05, 3.63) is 17.2 Å². The lowest BCUT2D eigenvalue weighted by Gasteiger charge is -2.20. The summed E-state index contributed by atoms with van der Waals surface area (Å²) in [6.45, 7) is 8.73. The van der Waals surface area contributed by atoms with E-state index in [1.807, 2.05) is 18.4 Å². The zero-order valence-electron chi connectivity index (χ0n) is 14.5. The zero-order valence-corrected chi connectivity index (χ0v) is 14.5. The summed E-state index contributed by atoms with van der Waals surface area (Å²) in [7, 11) is 0. The van der Waals surface area contributed by atoms with Gasteiger partial charge >= 0.3 is 0 Å². The number of hydrogen-bond donors (Lipinski definition) is 1. The van der Waals surface area contributed by atoms with Crippen LogP contribution in [0.15, 0.2) is 0 Å². The summed E-state index contributed by atoms with van der Waals surface area (Å²) in [5.41, 5.74) is 1.39. The van der Waals surface area contributed by atoms with Gasteiger partial charge < -0.3 is 14.8 Å². The monoisotopic (exact) mass is 320 g/mol. The van der Waals surface area contributed by atoms with Crippen molar-refractivity contribution in [2.24, 2.45) is 0 Å². The summed E-state index contributed by atoms with van der Waals surface area (Å²) < 4.78 is 1.95. The largest absolute Gasteiger partial charge is 0.349 e. The van der Waals surface area contributed by atoms with Crippen LogP contribution in [-0.2, 0) is 13.0 Å². The van der Waals surface area contributed by atoms with Crippen LogP contribution in [-0.4, -0.2) is 45.9 Å². The Balaban J connectivity index is 2.30. The van der Waals surface area contributed by atoms with E-state index in [-0.39, 0.29) is 11.8 Å². The molecule has 0 atom stereocenters. The molecule has 0 saturated heterocycles. The van der Waals surface area contributed by atoms with Crippen molar-refractivity contribution in [3.63, 3.8) is 0 Å². The molecule has 1 aliphatic rings. The van der Waals surface area contributed by atoms with Gasteiger partial charge in [-0.15, -0.1) is 0 Å². The van der Waals surface area contributed by atoms with Crippen LogP contribution in [0.25, 0.3) is 0 Å². The highest BCUT2D eigenvalue weighted by atomic mass is 16.2. The standard InChI is InChI=1S/C17H28N4O2/c1-4-7-11-18-16(22)15-19-14(17(23)20(5-2)6-3)13-10-8-9-12-21(13)15/h4-12H2,1-3H3,(H,18,22). The Morgan fingerprint density at radius 3 is 2.61 bits per heavy atom. The fraction of sp³-hybridized carbons (Fsp3) is 0.706. The molecule has 0 saturated carbocycles. The van der Waals surface area contributed by atoms with Crippen LogP contribution < -0.4 is 5.32 Å². The van der Waals surface area contributed by atoms with Crippen LogP contribution in [0.5, 0.6) is 0 Å². The van der Waals surface area contributed by atoms with Gasteiger partial charge in [-0.1, -0.05) is 13.3 Å². The van der Waals surface area contributed by atoms with E-state index in [9.17, 15) is 9.59 Å². The van der Waals surface area contributed by atoms with Crippen molar-refractivity contribution in [1.82, 2.24) is 19.8 Å². The van der Waals surface area contributed by atoms with Crippen LogP contribution in [0.4, 0.5) is 0 Å². The van der Waals surface area contributed by atoms with Crippen molar-refractivity contribution < 1.29 is 9.59 Å². The lowest BCUT2D eigenvalue weighted by atomic mass is 10.1. The fourth-order valence-electron chi connectivity index (χ4n) is 3.01. The molecule has 0 unspecified atom stereocenters. The highest BCUT2D eigenvalue weighted by Crippen LogP contribution is 2.22. The minimum atomic E-state index is -0.166. The molecule has 0 aromatic carbocycles. The molecule has 2 amide bonds. The van der Waals surface area contributed by atoms with Gasteiger partial charge in [0, 0.05) is 26.2 Å². The van der Waals surface area contributed by atoms with Gasteiger partial charge in [0.1, 0.15) is 5.69 Å². The van der Waals surface area contributed by atoms with Crippen molar-refractivity contribution in [2.75, 3.05) is 19.6 Å². The minimum absolute atomic E-state index is 0.0618. The first-order valence-corrected chi connectivity index (χ1v) is 8.80. The molecule has 1 aliphatic heterocycles. The second-order valence-corrected chi connectivity index (χ2v) is 5.93. The number of imidazole rings is 1. The topological polar surface area (TPSA) is 67.2 Å². The molecule has 6 heteroatoms. The average molecular weight is 320 g/mol. The second-order valence-electron chi connectivity index (χ2n) is 5.93. The number of rotatable bonds is 7. The number of carbonyl (C=O) groups is 2. The van der Waals surface area contributed by atoms with E-state index in [2.05, 4.69) is 17.2 Å². The minimum Gasteiger partial charge on any atom is -0.349 e. The van der Waals surface area contributed by atoms with E-state index in [1.54, 1.807) is 4.90 Å². The first-order chi connectivity index (χ1) is 11.1. The average Bonchev–Trinajstić information content (AvgIpc) is 2.95. The van der Waals surface area contributed by atoms with Gasteiger partial charge in [0.15, 0.2) is 5.82 Å². The van der Waals surface area contributed by atoms with Crippen LogP contribution in [0, 0.1) is 0 Å². The summed E-state index contributed by atoms with van der Waals surface area (Å²) in [5, 5.41) is 2.91. The predicted octanol–water partition coefficient (Wildman–Crippen LogP) is 2.23. The van der Waals surface area contributed by atoms with E-state index in [0.717, 1.165) is 44.3 Å². The number of nitrogens with zero attached hydrogens (tertiary/aromatic N) is 3. The van der Waals surface area contributed by atoms with Crippen molar-refractivity contribution in [3.8, 4) is 0 Å². The van der Waals surface area contributed by atoms with E-state index >= 15 is 0 Å². The maximum absolute atomic E-state index is 12.7. The first-order valence-electron chi connectivity index (χ1n) is 8.80. The number of carbonyl (C=O) groups excluding carboxylic acids is 2. The molecular formula is C17H28N4O2. The summed E-state index contributed by atoms with van der Waals surface area (Å²) >= 11 is 0. The lowest BCUT2D eigenvalue weighted by molar-refractivity contribution is 0.0766. The summed E-state index contributed by atoms with van der Waals surface area (Å²) in [6.07, 6.45) is 4.87. The van der Waals surface area contributed by atoms with Gasteiger partial charge in [0.25, 0.3) is 11.8 Å². The maximum Gasteiger partial charge on any atom is 0.287 e. The van der Waals surface area contributed by atoms with Gasteiger partial charge in [0.05, 0.1) is 5.69 Å². The first kappa shape index (κ1) is 17.5. The molecule has 0 spiro atoms. The van der Waals surface area contributed by atoms with Crippen LogP contribution in [0.1, 0.15) is 73.3 Å². The van der Waals surface area contributed by atoms with Crippen molar-refractivity contribution in [2.45, 2.75) is 59.4 Å². The normalized spacial score (nSPS) is 13.5. The quantitative estimate of drug-likeness (QED) is 0.783. The van der Waals surface area contributed by atoms with Gasteiger partial charge in [-0.05, 0) is 39.5 Å². The number of fused-ring (bicyclic) bond motifs is 1. The van der Waals surface area contributed by atoms with Crippen LogP contribution >= 0.6 is 0 Å². The Morgan fingerprint density at radius 1 is 1.22 bits per heavy atom. The summed E-state index contributed by atoms with van der Waals surface area (Å²) in [4.78, 5) is 31.3. The van der Waals surface area contributed by atoms with Gasteiger partial charge in [-0.3, -0.25) is 9.59 Å². The molecule has 1 aromatic heterocycles. The van der Waals surface area contributed by atoms with E-state index in [0.29, 0.717) is 31.2 Å². The van der Waals surface area contributed by atoms with Crippen molar-refractivity contribution in [1.29, 1.82) is 0 Å². The second kappa shape index (κ2) is 8.13. The van der Waals surface area contributed by atoms with E-state index < -0.39 is 0 Å². The highest BCUT2D eigenvalue weighted by molar-refractivity contribution is 5.97. The molecule has 2 rings (SSSR count). The highest BCUT2D eigenvalue weighted by Gasteiger charge is 2.28. The zero-order chi connectivity index (χ0) is 16.8. The molecule has 23 heavy (non-hydrogen) atoms. The summed E-state index contributed by atoms with van der Waals surface area (Å²) in [6, 6.07) is 0. The molecule has 0 radical (unpaired) electrons. The van der Waals surface area contributed by atoms with Crippen LogP contribution in [0.2, 0.25) is 0 Å². The number of hydrogen-bond acceptors (Lipinski definition) is 3. The lowest BCUT2D eigenvalue weighted by Crippen LogP contribution is -2.31. The molecule has 1 N–H and O–H groups in total. The smallest absolute Gasteiger partial charge is 0.287 e. The predicted molar refractivity (Wildman–Crippen MR) is 89.7 cm³/mol. The summed E-state index contributed by atoms with van der Waals surface area (Å²) in [5.74, 6) is 0.166. The Labute approximate surface area is 138 Å². The molecule has 0 bridgehead atoms. The number of nitrogens with one attached hydrogen (secondary N) is 1. The Hall–Kier alpha value is -1.85. The molecule has 2 heterocycles. The Kier molecular flexibility index (Phi) is 6.19. The number of aromatic nitrogens is 2. The van der Waals surface area contributed by atoms with Gasteiger partial charge in [-0.2, -0.15) is 0 Å². The molecular weight excluding hydrogens is 292 g/mol.